The number of hydrogen-bond donors (Lipinski definition) is 0. The first-order valence-corrected chi connectivity index (χ1v) is 11.3. The minimum Gasteiger partial charge on any atom is -0.339 e. The molecule has 0 saturated carbocycles. The predicted octanol–water partition coefficient (Wildman–Crippen LogP) is 4.97. The SMILES string of the molecule is C=CCn1c(SCc2ccc(C(=O)N3CCCC3)cc2)nnc1-c1ccc(C)cc1. The van der Waals surface area contributed by atoms with E-state index in [0.717, 1.165) is 59.4 Å². The second kappa shape index (κ2) is 9.30. The molecule has 5 nitrogen and oxygen atoms in total. The van der Waals surface area contributed by atoms with Crippen molar-refractivity contribution in [3.05, 3.63) is 77.9 Å². The van der Waals surface area contributed by atoms with Crippen LogP contribution >= 0.6 is 11.8 Å². The van der Waals surface area contributed by atoms with Crippen LogP contribution < -0.4 is 0 Å². The van der Waals surface area contributed by atoms with Crippen LogP contribution in [0.15, 0.2) is 66.3 Å². The summed E-state index contributed by atoms with van der Waals surface area (Å²) in [5.74, 6) is 1.76. The monoisotopic (exact) mass is 418 g/mol. The van der Waals surface area contributed by atoms with Gasteiger partial charge in [0.1, 0.15) is 0 Å². The van der Waals surface area contributed by atoms with Crippen LogP contribution in [0, 0.1) is 6.92 Å². The number of rotatable bonds is 7. The quantitative estimate of drug-likeness (QED) is 0.402. The maximum absolute atomic E-state index is 12.5. The van der Waals surface area contributed by atoms with Crippen LogP contribution in [-0.2, 0) is 12.3 Å². The molecule has 2 heterocycles. The van der Waals surface area contributed by atoms with E-state index in [1.165, 1.54) is 5.56 Å². The molecule has 1 aliphatic rings. The summed E-state index contributed by atoms with van der Waals surface area (Å²) in [6, 6.07) is 16.2. The van der Waals surface area contributed by atoms with Crippen molar-refractivity contribution in [1.29, 1.82) is 0 Å². The molecule has 3 aromatic rings. The number of nitrogens with zero attached hydrogens (tertiary/aromatic N) is 4. The molecule has 1 fully saturated rings. The van der Waals surface area contributed by atoms with Crippen LogP contribution in [-0.4, -0.2) is 38.7 Å². The predicted molar refractivity (Wildman–Crippen MR) is 122 cm³/mol. The molecule has 0 N–H and O–H groups in total. The third-order valence-corrected chi connectivity index (χ3v) is 6.34. The number of carbonyl (C=O) groups excluding carboxylic acids is 1. The topological polar surface area (TPSA) is 51.0 Å². The average molecular weight is 419 g/mol. The van der Waals surface area contributed by atoms with Crippen LogP contribution in [0.1, 0.15) is 34.3 Å². The third kappa shape index (κ3) is 4.49. The number of likely N-dealkylation sites (tertiary alicyclic amines) is 1. The highest BCUT2D eigenvalue weighted by Crippen LogP contribution is 2.27. The lowest BCUT2D eigenvalue weighted by Crippen LogP contribution is -2.27. The van der Waals surface area contributed by atoms with E-state index < -0.39 is 0 Å². The summed E-state index contributed by atoms with van der Waals surface area (Å²) in [5, 5.41) is 9.70. The number of amides is 1. The second-order valence-corrected chi connectivity index (χ2v) is 8.50. The summed E-state index contributed by atoms with van der Waals surface area (Å²) in [4.78, 5) is 14.4. The molecule has 0 spiro atoms. The molecule has 1 amide bonds. The van der Waals surface area contributed by atoms with Crippen molar-refractivity contribution < 1.29 is 4.79 Å². The standard InChI is InChI=1S/C24H26N4OS/c1-3-14-28-22(20-10-6-18(2)7-11-20)25-26-24(28)30-17-19-8-12-21(13-9-19)23(29)27-15-4-5-16-27/h3,6-13H,1,4-5,14-17H2,2H3. The van der Waals surface area contributed by atoms with Crippen molar-refractivity contribution in [3.63, 3.8) is 0 Å². The van der Waals surface area contributed by atoms with Crippen molar-refractivity contribution in [2.75, 3.05) is 13.1 Å². The number of allylic oxidation sites excluding steroid dienone is 1. The Labute approximate surface area is 181 Å². The Morgan fingerprint density at radius 3 is 2.43 bits per heavy atom. The fourth-order valence-corrected chi connectivity index (χ4v) is 4.50. The Bertz CT molecular complexity index is 1020. The molecule has 0 bridgehead atoms. The van der Waals surface area contributed by atoms with Gasteiger partial charge in [-0.05, 0) is 37.5 Å². The Morgan fingerprint density at radius 2 is 1.77 bits per heavy atom. The number of thioether (sulfide) groups is 1. The minimum absolute atomic E-state index is 0.139. The van der Waals surface area contributed by atoms with Crippen molar-refractivity contribution >= 4 is 17.7 Å². The van der Waals surface area contributed by atoms with Gasteiger partial charge < -0.3 is 4.90 Å². The normalized spacial score (nSPS) is 13.6. The molecule has 1 aromatic heterocycles. The number of aryl methyl sites for hydroxylation is 1. The molecule has 4 rings (SSSR count). The van der Waals surface area contributed by atoms with Gasteiger partial charge in [0, 0.05) is 36.5 Å². The molecular formula is C24H26N4OS. The lowest BCUT2D eigenvalue weighted by atomic mass is 10.1. The zero-order valence-electron chi connectivity index (χ0n) is 17.3. The maximum atomic E-state index is 12.5. The highest BCUT2D eigenvalue weighted by atomic mass is 32.2. The zero-order valence-corrected chi connectivity index (χ0v) is 18.1. The molecule has 30 heavy (non-hydrogen) atoms. The van der Waals surface area contributed by atoms with E-state index in [-0.39, 0.29) is 5.91 Å². The van der Waals surface area contributed by atoms with Gasteiger partial charge in [-0.1, -0.05) is 59.8 Å². The van der Waals surface area contributed by atoms with Crippen LogP contribution in [0.2, 0.25) is 0 Å². The van der Waals surface area contributed by atoms with E-state index in [1.54, 1.807) is 11.8 Å². The molecule has 2 aromatic carbocycles. The Kier molecular flexibility index (Phi) is 6.33. The fraction of sp³-hybridized carbons (Fsp3) is 0.292. The molecule has 154 valence electrons. The van der Waals surface area contributed by atoms with Gasteiger partial charge in [0.25, 0.3) is 5.91 Å². The van der Waals surface area contributed by atoms with E-state index in [9.17, 15) is 4.79 Å². The van der Waals surface area contributed by atoms with Crippen molar-refractivity contribution in [3.8, 4) is 11.4 Å². The molecule has 1 aliphatic heterocycles. The highest BCUT2D eigenvalue weighted by molar-refractivity contribution is 7.98. The molecule has 0 unspecified atom stereocenters. The lowest BCUT2D eigenvalue weighted by Gasteiger charge is -2.15. The Balaban J connectivity index is 1.46. The summed E-state index contributed by atoms with van der Waals surface area (Å²) in [6.07, 6.45) is 4.08. The molecule has 6 heteroatoms. The van der Waals surface area contributed by atoms with Gasteiger partial charge in [-0.25, -0.2) is 0 Å². The maximum Gasteiger partial charge on any atom is 0.253 e. The minimum atomic E-state index is 0.139. The molecule has 0 aliphatic carbocycles. The van der Waals surface area contributed by atoms with Gasteiger partial charge >= 0.3 is 0 Å². The first-order chi connectivity index (χ1) is 14.7. The fourth-order valence-electron chi connectivity index (χ4n) is 3.60. The van der Waals surface area contributed by atoms with Crippen LogP contribution in [0.25, 0.3) is 11.4 Å². The summed E-state index contributed by atoms with van der Waals surface area (Å²) in [5.41, 5.74) is 4.19. The van der Waals surface area contributed by atoms with Crippen molar-refractivity contribution in [1.82, 2.24) is 19.7 Å². The van der Waals surface area contributed by atoms with E-state index in [2.05, 4.69) is 52.5 Å². The van der Waals surface area contributed by atoms with Gasteiger partial charge in [0.15, 0.2) is 11.0 Å². The highest BCUT2D eigenvalue weighted by Gasteiger charge is 2.19. The molecule has 1 saturated heterocycles. The van der Waals surface area contributed by atoms with Gasteiger partial charge in [-0.2, -0.15) is 0 Å². The number of benzene rings is 2. The van der Waals surface area contributed by atoms with Gasteiger partial charge in [-0.3, -0.25) is 9.36 Å². The van der Waals surface area contributed by atoms with Crippen LogP contribution in [0.5, 0.6) is 0 Å². The first-order valence-electron chi connectivity index (χ1n) is 10.3. The van der Waals surface area contributed by atoms with Crippen LogP contribution in [0.4, 0.5) is 0 Å². The largest absolute Gasteiger partial charge is 0.339 e. The zero-order chi connectivity index (χ0) is 20.9. The summed E-state index contributed by atoms with van der Waals surface area (Å²) in [6.45, 7) is 8.36. The second-order valence-electron chi connectivity index (χ2n) is 7.56. The van der Waals surface area contributed by atoms with Gasteiger partial charge in [-0.15, -0.1) is 16.8 Å². The summed E-state index contributed by atoms with van der Waals surface area (Å²) >= 11 is 1.64. The van der Waals surface area contributed by atoms with Gasteiger partial charge in [0.05, 0.1) is 0 Å². The van der Waals surface area contributed by atoms with Crippen molar-refractivity contribution in [2.24, 2.45) is 0 Å². The number of carbonyl (C=O) groups is 1. The van der Waals surface area contributed by atoms with E-state index in [0.29, 0.717) is 6.54 Å². The Morgan fingerprint density at radius 1 is 1.07 bits per heavy atom. The molecule has 0 radical (unpaired) electrons. The third-order valence-electron chi connectivity index (χ3n) is 5.30. The number of aromatic nitrogens is 3. The molecular weight excluding hydrogens is 392 g/mol. The van der Waals surface area contributed by atoms with Gasteiger partial charge in [0.2, 0.25) is 0 Å². The number of hydrogen-bond acceptors (Lipinski definition) is 4. The first kappa shape index (κ1) is 20.4. The smallest absolute Gasteiger partial charge is 0.253 e. The average Bonchev–Trinajstić information content (AvgIpc) is 3.44. The summed E-state index contributed by atoms with van der Waals surface area (Å²) < 4.78 is 2.09. The van der Waals surface area contributed by atoms with E-state index >= 15 is 0 Å². The summed E-state index contributed by atoms with van der Waals surface area (Å²) in [7, 11) is 0. The van der Waals surface area contributed by atoms with E-state index in [1.807, 2.05) is 35.2 Å². The lowest BCUT2D eigenvalue weighted by molar-refractivity contribution is 0.0793. The van der Waals surface area contributed by atoms with Crippen LogP contribution in [0.3, 0.4) is 0 Å². The van der Waals surface area contributed by atoms with Crippen molar-refractivity contribution in [2.45, 2.75) is 37.2 Å². The molecule has 0 atom stereocenters. The Hall–Kier alpha value is -2.86. The van der Waals surface area contributed by atoms with E-state index in [4.69, 9.17) is 0 Å².